The minimum atomic E-state index is 0.387. The van der Waals surface area contributed by atoms with Crippen LogP contribution in [-0.4, -0.2) is 29.7 Å². The van der Waals surface area contributed by atoms with Crippen molar-refractivity contribution in [1.82, 2.24) is 0 Å². The molecule has 1 aliphatic heterocycles. The zero-order valence-corrected chi connectivity index (χ0v) is 8.89. The maximum absolute atomic E-state index is 4.94. The Bertz CT molecular complexity index is 31.8. The number of halogens is 1. The van der Waals surface area contributed by atoms with Gasteiger partial charge in [0.15, 0.2) is 0 Å². The van der Waals surface area contributed by atoms with E-state index in [2.05, 4.69) is 23.9 Å². The van der Waals surface area contributed by atoms with Gasteiger partial charge in [-0.2, -0.15) is 0 Å². The van der Waals surface area contributed by atoms with Gasteiger partial charge in [0.25, 0.3) is 0 Å². The fourth-order valence-corrected chi connectivity index (χ4v) is 0.510. The van der Waals surface area contributed by atoms with Crippen LogP contribution in [0.5, 0.6) is 0 Å². The van der Waals surface area contributed by atoms with Crippen molar-refractivity contribution < 1.29 is 4.74 Å². The fraction of sp³-hybridized carbons (Fsp3) is 1.00. The van der Waals surface area contributed by atoms with Crippen LogP contribution in [0.4, 0.5) is 0 Å². The molecule has 0 aromatic rings. The molecule has 1 nitrogen and oxygen atoms in total. The van der Waals surface area contributed by atoms with Crippen molar-refractivity contribution >= 4 is 35.3 Å². The van der Waals surface area contributed by atoms with E-state index in [1.165, 1.54) is 12.8 Å². The van der Waals surface area contributed by atoms with Gasteiger partial charge in [-0.1, -0.05) is 0 Å². The maximum Gasteiger partial charge on any atom is 0.460 e. The van der Waals surface area contributed by atoms with E-state index in [1.807, 2.05) is 0 Å². The molecule has 1 rings (SSSR count). The Morgan fingerprint density at radius 2 is 1.75 bits per heavy atom. The van der Waals surface area contributed by atoms with Crippen LogP contribution < -0.4 is 0 Å². The van der Waals surface area contributed by atoms with Crippen molar-refractivity contribution in [3.05, 3.63) is 0 Å². The average molecular weight is 238 g/mol. The van der Waals surface area contributed by atoms with E-state index in [1.54, 1.807) is 0 Å². The van der Waals surface area contributed by atoms with Crippen molar-refractivity contribution in [2.75, 3.05) is 13.2 Å². The molecule has 0 amide bonds. The van der Waals surface area contributed by atoms with Crippen molar-refractivity contribution in [3.63, 3.8) is 0 Å². The van der Waals surface area contributed by atoms with Crippen LogP contribution in [0.2, 0.25) is 5.05 Å². The van der Waals surface area contributed by atoms with Gasteiger partial charge in [-0.3, -0.25) is 0 Å². The van der Waals surface area contributed by atoms with E-state index in [4.69, 9.17) is 4.74 Å². The summed E-state index contributed by atoms with van der Waals surface area (Å²) in [6, 6.07) is 0. The minimum Gasteiger partial charge on any atom is -0.381 e. The van der Waals surface area contributed by atoms with E-state index in [-0.39, 0.29) is 0 Å². The van der Waals surface area contributed by atoms with Gasteiger partial charge in [-0.15, -0.1) is 5.05 Å². The van der Waals surface area contributed by atoms with Gasteiger partial charge in [-0.25, -0.2) is 0 Å². The number of rotatable bonds is 0. The molecule has 0 aromatic heterocycles. The molecule has 0 saturated carbocycles. The predicted octanol–water partition coefficient (Wildman–Crippen LogP) is 1.89. The second-order valence-corrected chi connectivity index (χ2v) is 6.70. The maximum atomic E-state index is 4.94. The summed E-state index contributed by atoms with van der Waals surface area (Å²) < 4.78 is 4.94. The summed E-state index contributed by atoms with van der Waals surface area (Å²) >= 11 is 2.81. The van der Waals surface area contributed by atoms with E-state index < -0.39 is 0 Å². The fourth-order valence-electron chi connectivity index (χ4n) is 0.510. The van der Waals surface area contributed by atoms with Gasteiger partial charge in [0.05, 0.1) is 0 Å². The zero-order chi connectivity index (χ0) is 6.24. The highest BCUT2D eigenvalue weighted by Gasteiger charge is 1.94. The monoisotopic (exact) mass is 238 g/mol. The highest BCUT2D eigenvalue weighted by Crippen LogP contribution is 1.98. The Morgan fingerprint density at radius 1 is 1.38 bits per heavy atom. The zero-order valence-electron chi connectivity index (χ0n) is 5.32. The smallest absolute Gasteiger partial charge is 0.381 e. The second kappa shape index (κ2) is 8.46. The normalized spacial score (nSPS) is 16.2. The topological polar surface area (TPSA) is 9.23 Å². The molecule has 0 spiro atoms. The van der Waals surface area contributed by atoms with Crippen molar-refractivity contribution in [1.29, 1.82) is 0 Å². The van der Waals surface area contributed by atoms with E-state index in [9.17, 15) is 0 Å². The van der Waals surface area contributed by atoms with Crippen molar-refractivity contribution in [3.8, 4) is 0 Å². The lowest BCUT2D eigenvalue weighted by Crippen LogP contribution is -1.74. The molecule has 0 aromatic carbocycles. The van der Waals surface area contributed by atoms with Crippen molar-refractivity contribution in [2.45, 2.75) is 17.9 Å². The van der Waals surface area contributed by atoms with E-state index in [0.717, 1.165) is 13.2 Å². The summed E-state index contributed by atoms with van der Waals surface area (Å²) in [6.45, 7) is 2.00. The summed E-state index contributed by atoms with van der Waals surface area (Å²) in [5.74, 6) is 0. The van der Waals surface area contributed by atoms with Gasteiger partial charge < -0.3 is 23.6 Å². The van der Waals surface area contributed by atoms with Crippen LogP contribution in [0, 0.1) is 0 Å². The van der Waals surface area contributed by atoms with Crippen LogP contribution in [-0.2, 0) is 4.74 Å². The number of hydrogen-bond acceptors (Lipinski definition) is 1. The molecule has 1 saturated heterocycles. The summed E-state index contributed by atoms with van der Waals surface area (Å²) in [4.78, 5) is 0. The average Bonchev–Trinajstić information content (AvgIpc) is 2.17. The summed E-state index contributed by atoms with van der Waals surface area (Å²) in [7, 11) is 0. The molecule has 0 radical (unpaired) electrons. The molecule has 1 fully saturated rings. The molecule has 0 bridgehead atoms. The lowest BCUT2D eigenvalue weighted by Gasteiger charge is -1.76. The van der Waals surface area contributed by atoms with Gasteiger partial charge in [0, 0.05) is 13.2 Å². The third-order valence-corrected chi connectivity index (χ3v) is 0.827. The highest BCUT2D eigenvalue weighted by molar-refractivity contribution is 14.1. The Balaban J connectivity index is 0.000000145. The SMILES string of the molecule is C1CCOC1.[CH3][Mg][I]. The first kappa shape index (κ1) is 9.46. The third kappa shape index (κ3) is 7.46. The Hall–Kier alpha value is 1.46. The number of hydrogen-bond donors (Lipinski definition) is 0. The first-order valence-electron chi connectivity index (χ1n) is 3.05. The molecule has 0 aliphatic carbocycles. The molecule has 0 atom stereocenters. The van der Waals surface area contributed by atoms with Gasteiger partial charge >= 0.3 is 16.5 Å². The standard InChI is InChI=1S/C4H8O.CH3.HI.Mg/c1-2-4-5-3-1;;;/h1-4H2;1H3;1H;/q;;;+1/p-1. The van der Waals surface area contributed by atoms with Crippen LogP contribution in [0.1, 0.15) is 12.8 Å². The molecule has 0 unspecified atom stereocenters. The van der Waals surface area contributed by atoms with E-state index >= 15 is 0 Å². The lowest BCUT2D eigenvalue weighted by molar-refractivity contribution is 0.198. The minimum absolute atomic E-state index is 0.387. The molecule has 8 heavy (non-hydrogen) atoms. The third-order valence-electron chi connectivity index (χ3n) is 0.827. The predicted molar refractivity (Wildman–Crippen MR) is 45.7 cm³/mol. The Labute approximate surface area is 70.7 Å². The van der Waals surface area contributed by atoms with Crippen LogP contribution in [0.3, 0.4) is 0 Å². The molecule has 46 valence electrons. The van der Waals surface area contributed by atoms with Gasteiger partial charge in [0.1, 0.15) is 0 Å². The summed E-state index contributed by atoms with van der Waals surface area (Å²) in [5.41, 5.74) is 0. The first-order valence-corrected chi connectivity index (χ1v) is 9.58. The second-order valence-electron chi connectivity index (χ2n) is 1.59. The summed E-state index contributed by atoms with van der Waals surface area (Å²) in [6.07, 6.45) is 2.56. The van der Waals surface area contributed by atoms with Crippen molar-refractivity contribution in [2.24, 2.45) is 0 Å². The molecule has 3 heteroatoms. The van der Waals surface area contributed by atoms with E-state index in [0.29, 0.717) is 16.5 Å². The van der Waals surface area contributed by atoms with Gasteiger partial charge in [-0.05, 0) is 12.8 Å². The highest BCUT2D eigenvalue weighted by atomic mass is 127. The quantitative estimate of drug-likeness (QED) is 0.462. The lowest BCUT2D eigenvalue weighted by atomic mass is 10.4. The molecule has 1 aliphatic rings. The largest absolute Gasteiger partial charge is 0.460 e. The summed E-state index contributed by atoms with van der Waals surface area (Å²) in [5, 5.41) is 2.25. The van der Waals surface area contributed by atoms with Crippen LogP contribution >= 0.6 is 18.9 Å². The first-order chi connectivity index (χ1) is 3.91. The van der Waals surface area contributed by atoms with Crippen LogP contribution in [0.15, 0.2) is 0 Å². The Morgan fingerprint density at radius 3 is 1.88 bits per heavy atom. The number of ether oxygens (including phenoxy) is 1. The van der Waals surface area contributed by atoms with Gasteiger partial charge in [0.2, 0.25) is 0 Å². The molecule has 1 heterocycles. The Kier molecular flexibility index (Phi) is 10.00. The molecular weight excluding hydrogens is 227 g/mol. The molecule has 0 N–H and O–H groups in total. The van der Waals surface area contributed by atoms with Crippen LogP contribution in [0.25, 0.3) is 0 Å². The molecular formula is C5H11IMgO.